The van der Waals surface area contributed by atoms with E-state index in [0.29, 0.717) is 63.5 Å². The lowest BCUT2D eigenvalue weighted by Crippen LogP contribution is -2.62. The second kappa shape index (κ2) is 22.9. The van der Waals surface area contributed by atoms with Gasteiger partial charge in [0.25, 0.3) is 5.91 Å². The Bertz CT molecular complexity index is 2770. The van der Waals surface area contributed by atoms with Crippen molar-refractivity contribution in [3.8, 4) is 0 Å². The van der Waals surface area contributed by atoms with E-state index in [1.807, 2.05) is 0 Å². The van der Waals surface area contributed by atoms with E-state index in [1.165, 1.54) is 60.9 Å². The first-order valence-electron chi connectivity index (χ1n) is 31.9. The van der Waals surface area contributed by atoms with Crippen LogP contribution in [0.5, 0.6) is 0 Å². The maximum Gasteiger partial charge on any atom is 0.324 e. The predicted octanol–water partition coefficient (Wildman–Crippen LogP) is 5.36. The summed E-state index contributed by atoms with van der Waals surface area (Å²) >= 11 is 0. The van der Waals surface area contributed by atoms with Gasteiger partial charge in [-0.25, -0.2) is 5.43 Å². The zero-order valence-corrected chi connectivity index (χ0v) is 49.3. The zero-order valence-electron chi connectivity index (χ0n) is 49.3. The first kappa shape index (κ1) is 55.7. The number of carbonyl (C=O) groups is 4. The Morgan fingerprint density at radius 3 is 2.54 bits per heavy atom. The van der Waals surface area contributed by atoms with Gasteiger partial charge in [0.15, 0.2) is 0 Å². The first-order chi connectivity index (χ1) is 39.3. The number of aromatic nitrogens is 1. The molecule has 9 fully saturated rings. The molecule has 9 aliphatic heterocycles. The number of carbonyl (C=O) groups excluding carboxylic acids is 4. The van der Waals surface area contributed by atoms with Crippen LogP contribution in [0.1, 0.15) is 135 Å². The number of methoxy groups -OCH3 is 1. The number of morpholine rings is 1. The minimum absolute atomic E-state index is 0.0239. The number of ether oxygens (including phenoxy) is 3. The van der Waals surface area contributed by atoms with E-state index in [9.17, 15) is 9.59 Å². The van der Waals surface area contributed by atoms with Crippen molar-refractivity contribution in [1.82, 2.24) is 45.2 Å². The molecule has 1 spiro atoms. The second-order valence-corrected chi connectivity index (χ2v) is 27.5. The molecule has 18 heteroatoms. The van der Waals surface area contributed by atoms with Gasteiger partial charge in [0.05, 0.1) is 42.9 Å². The molecule has 10 heterocycles. The number of benzene rings is 1. The molecule has 13 rings (SSSR count). The number of piperidine rings is 1. The van der Waals surface area contributed by atoms with E-state index in [0.717, 1.165) is 114 Å². The highest BCUT2D eigenvalue weighted by molar-refractivity contribution is 5.95. The third kappa shape index (κ3) is 11.3. The molecule has 2 aromatic rings. The number of hydrogen-bond donors (Lipinski definition) is 3. The lowest BCUT2D eigenvalue weighted by atomic mass is 9.83. The SMILES string of the molecule is CCn1c(C2=C([C@H](C)OC)N=CC(N3CCN4CCCC[C@@H]4C3)C2)c2c3cc(ccc31)N1CCO[C@@H](C[C@H](NC(=O)[C@H](C3CCCC3)N3CC[C@]4(CCN(C(=O)[C@@H]5N[C@@H]5C5CC5)C4)C3)C(=O)N3CCC[C@H](N3)C(=O)OCC(C)(C)C2)C1. The molecule has 11 aliphatic rings. The maximum absolute atomic E-state index is 15.3. The lowest BCUT2D eigenvalue weighted by Gasteiger charge is -2.46. The van der Waals surface area contributed by atoms with Crippen LogP contribution in [0.4, 0.5) is 5.69 Å². The normalized spacial score (nSPS) is 33.5. The molecule has 1 unspecified atom stereocenters. The zero-order chi connectivity index (χ0) is 55.7. The van der Waals surface area contributed by atoms with Gasteiger partial charge in [0, 0.05) is 136 Å². The molecular weight excluding hydrogens is 1020 g/mol. The third-order valence-corrected chi connectivity index (χ3v) is 21.3. The van der Waals surface area contributed by atoms with Crippen molar-refractivity contribution >= 4 is 52.1 Å². The highest BCUT2D eigenvalue weighted by atomic mass is 16.5. The van der Waals surface area contributed by atoms with E-state index in [1.54, 1.807) is 12.1 Å². The van der Waals surface area contributed by atoms with Crippen molar-refractivity contribution in [1.29, 1.82) is 0 Å². The highest BCUT2D eigenvalue weighted by Crippen LogP contribution is 2.46. The van der Waals surface area contributed by atoms with Gasteiger partial charge >= 0.3 is 5.97 Å². The van der Waals surface area contributed by atoms with Gasteiger partial charge in [-0.05, 0) is 140 Å². The number of aryl methyl sites for hydroxylation is 1. The molecule has 81 heavy (non-hydrogen) atoms. The van der Waals surface area contributed by atoms with Crippen molar-refractivity contribution < 1.29 is 33.4 Å². The maximum atomic E-state index is 15.3. The average molecular weight is 1120 g/mol. The molecule has 10 atom stereocenters. The van der Waals surface area contributed by atoms with Crippen LogP contribution in [0.3, 0.4) is 0 Å². The van der Waals surface area contributed by atoms with Gasteiger partial charge in [-0.15, -0.1) is 0 Å². The predicted molar refractivity (Wildman–Crippen MR) is 313 cm³/mol. The number of likely N-dealkylation sites (tertiary alicyclic amines) is 2. The summed E-state index contributed by atoms with van der Waals surface area (Å²) in [4.78, 5) is 76.2. The van der Waals surface area contributed by atoms with Gasteiger partial charge in [0.2, 0.25) is 11.8 Å². The number of hydrogen-bond acceptors (Lipinski definition) is 14. The second-order valence-electron chi connectivity index (χ2n) is 27.5. The van der Waals surface area contributed by atoms with Crippen molar-refractivity contribution in [2.45, 2.75) is 191 Å². The smallest absolute Gasteiger partial charge is 0.324 e. The summed E-state index contributed by atoms with van der Waals surface area (Å²) in [5, 5.41) is 9.65. The average Bonchev–Trinajstić information content (AvgIpc) is 3.87. The lowest BCUT2D eigenvalue weighted by molar-refractivity contribution is -0.156. The summed E-state index contributed by atoms with van der Waals surface area (Å²) < 4.78 is 21.6. The quantitative estimate of drug-likeness (QED) is 0.194. The fourth-order valence-electron chi connectivity index (χ4n) is 16.5. The Hall–Kier alpha value is -4.43. The van der Waals surface area contributed by atoms with Gasteiger partial charge in [0.1, 0.15) is 18.1 Å². The van der Waals surface area contributed by atoms with Crippen LogP contribution in [-0.4, -0.2) is 206 Å². The fourth-order valence-corrected chi connectivity index (χ4v) is 16.5. The van der Waals surface area contributed by atoms with E-state index < -0.39 is 17.5 Å². The van der Waals surface area contributed by atoms with Crippen molar-refractivity contribution in [2.24, 2.45) is 27.7 Å². The monoisotopic (exact) mass is 1120 g/mol. The number of amides is 3. The van der Waals surface area contributed by atoms with Crippen LogP contribution in [-0.2, 0) is 46.4 Å². The summed E-state index contributed by atoms with van der Waals surface area (Å²) in [7, 11) is 1.78. The Labute approximate surface area is 480 Å². The summed E-state index contributed by atoms with van der Waals surface area (Å²) in [6, 6.07) is 6.00. The molecule has 3 amide bonds. The standard InChI is InChI=1S/C63H93N11O7/c1-6-73-52-19-18-43-30-47(52)49(57(73)48-31-45(34-64-53(48)40(2)79-5)69-27-26-68-22-10-9-14-44(68)35-69)33-62(3,4)39-81-61(78)50-15-11-23-74(67-50)59(76)51(32-46-36-70(43)28-29-80-46)65-58(75)56(42-12-7-8-13-42)71-24-20-63(37-71)21-25-72(38-63)60(77)55-54(66-55)41-16-17-41/h18-19,30,34,40-42,44-46,50-51,54-56,66-67H,6-17,20-29,31-33,35-39H2,1-5H3,(H,65,75)/t40-,44+,45?,46-,50-,51-,54+,55+,56-,63-/m0/s1. The van der Waals surface area contributed by atoms with Gasteiger partial charge < -0.3 is 33.9 Å². The Balaban J connectivity index is 0.801. The van der Waals surface area contributed by atoms with Crippen LogP contribution in [0.25, 0.3) is 16.5 Å². The van der Waals surface area contributed by atoms with Crippen LogP contribution in [0, 0.1) is 22.7 Å². The molecule has 2 aliphatic carbocycles. The van der Waals surface area contributed by atoms with Crippen LogP contribution in [0.2, 0.25) is 0 Å². The minimum Gasteiger partial charge on any atom is -0.464 e. The number of cyclic esters (lactones) is 1. The van der Waals surface area contributed by atoms with Crippen molar-refractivity contribution in [3.05, 3.63) is 35.2 Å². The van der Waals surface area contributed by atoms with Crippen molar-refractivity contribution in [3.63, 3.8) is 0 Å². The number of anilines is 1. The Morgan fingerprint density at radius 1 is 0.914 bits per heavy atom. The molecule has 442 valence electrons. The molecule has 3 N–H and O–H groups in total. The van der Waals surface area contributed by atoms with Gasteiger partial charge in [-0.3, -0.25) is 49.2 Å². The number of esters is 1. The molecule has 1 aromatic heterocycles. The topological polar surface area (TPSA) is 179 Å². The van der Waals surface area contributed by atoms with E-state index in [4.69, 9.17) is 19.2 Å². The molecule has 2 saturated carbocycles. The van der Waals surface area contributed by atoms with Gasteiger partial charge in [-0.1, -0.05) is 33.1 Å². The third-order valence-electron chi connectivity index (χ3n) is 21.3. The molecule has 0 radical (unpaired) electrons. The molecule has 18 nitrogen and oxygen atoms in total. The summed E-state index contributed by atoms with van der Waals surface area (Å²) in [5.41, 5.74) is 9.70. The number of fused-ring (bicyclic) bond motifs is 7. The Kier molecular flexibility index (Phi) is 15.7. The van der Waals surface area contributed by atoms with E-state index in [2.05, 4.69) is 97.2 Å². The van der Waals surface area contributed by atoms with Gasteiger partial charge in [-0.2, -0.15) is 0 Å². The molecular formula is C63H93N11O7. The summed E-state index contributed by atoms with van der Waals surface area (Å²) in [5.74, 6) is 0.374. The summed E-state index contributed by atoms with van der Waals surface area (Å²) in [6.07, 6.45) is 16.9. The van der Waals surface area contributed by atoms with Crippen LogP contribution in [0.15, 0.2) is 28.9 Å². The summed E-state index contributed by atoms with van der Waals surface area (Å²) in [6.45, 7) is 19.3. The largest absolute Gasteiger partial charge is 0.464 e. The highest BCUT2D eigenvalue weighted by Gasteiger charge is 2.55. The van der Waals surface area contributed by atoms with Crippen molar-refractivity contribution in [2.75, 3.05) is 97.2 Å². The van der Waals surface area contributed by atoms with E-state index in [-0.39, 0.29) is 78.4 Å². The number of aliphatic imine (C=N–C) groups is 1. The van der Waals surface area contributed by atoms with Crippen LogP contribution < -0.4 is 21.0 Å². The molecule has 7 saturated heterocycles. The van der Waals surface area contributed by atoms with Crippen LogP contribution >= 0.6 is 0 Å². The number of hydrazine groups is 1. The number of nitrogens with zero attached hydrogens (tertiary/aromatic N) is 8. The number of piperazine rings is 1. The first-order valence-corrected chi connectivity index (χ1v) is 31.9. The fraction of sp³-hybridized carbons (Fsp3) is 0.762. The number of rotatable bonds is 11. The number of nitrogens with one attached hydrogen (secondary N) is 3. The Morgan fingerprint density at radius 2 is 1.73 bits per heavy atom. The van der Waals surface area contributed by atoms with E-state index >= 15 is 9.59 Å². The molecule has 6 bridgehead atoms. The minimum atomic E-state index is -0.895. The molecule has 1 aromatic carbocycles.